The largest absolute Gasteiger partial charge is 0.358 e. The zero-order valence-electron chi connectivity index (χ0n) is 14.2. The number of nitrogens with one attached hydrogen (secondary N) is 2. The molecule has 0 saturated heterocycles. The highest BCUT2D eigenvalue weighted by Gasteiger charge is 2.27. The molecule has 2 aromatic carbocycles. The first-order valence-corrected chi connectivity index (χ1v) is 8.73. The number of rotatable bonds is 3. The Bertz CT molecular complexity index is 944. The third kappa shape index (κ3) is 3.04. The predicted molar refractivity (Wildman–Crippen MR) is 96.8 cm³/mol. The lowest BCUT2D eigenvalue weighted by Crippen LogP contribution is -2.33. The minimum absolute atomic E-state index is 0.0101. The van der Waals surface area contributed by atoms with Crippen LogP contribution in [-0.2, 0) is 24.2 Å². The predicted octanol–water partition coefficient (Wildman–Crippen LogP) is 4.04. The Labute approximate surface area is 146 Å². The summed E-state index contributed by atoms with van der Waals surface area (Å²) in [5.74, 6) is -0.324. The average Bonchev–Trinajstić information content (AvgIpc) is 2.98. The molecule has 1 aromatic heterocycles. The molecule has 0 bridgehead atoms. The second kappa shape index (κ2) is 6.36. The molecule has 3 nitrogen and oxygen atoms in total. The van der Waals surface area contributed by atoms with Crippen LogP contribution in [0.15, 0.2) is 42.5 Å². The van der Waals surface area contributed by atoms with Crippen molar-refractivity contribution >= 4 is 16.8 Å². The molecule has 4 heteroatoms. The van der Waals surface area contributed by atoms with Gasteiger partial charge in [-0.05, 0) is 49.9 Å². The molecule has 25 heavy (non-hydrogen) atoms. The van der Waals surface area contributed by atoms with Gasteiger partial charge in [0.1, 0.15) is 5.82 Å². The second-order valence-corrected chi connectivity index (χ2v) is 6.88. The number of H-pyrrole nitrogens is 1. The first-order valence-electron chi connectivity index (χ1n) is 8.73. The van der Waals surface area contributed by atoms with E-state index >= 15 is 0 Å². The first kappa shape index (κ1) is 15.9. The van der Waals surface area contributed by atoms with Gasteiger partial charge in [-0.3, -0.25) is 4.79 Å². The second-order valence-electron chi connectivity index (χ2n) is 6.88. The van der Waals surface area contributed by atoms with E-state index in [4.69, 9.17) is 0 Å². The maximum absolute atomic E-state index is 13.7. The molecule has 0 saturated carbocycles. The molecule has 0 spiro atoms. The Kier molecular flexibility index (Phi) is 4.04. The molecule has 4 rings (SSSR count). The molecule has 1 aliphatic rings. The van der Waals surface area contributed by atoms with Gasteiger partial charge in [0.15, 0.2) is 0 Å². The molecule has 1 heterocycles. The zero-order valence-corrected chi connectivity index (χ0v) is 14.2. The number of carbonyl (C=O) groups is 1. The average molecular weight is 336 g/mol. The molecular weight excluding hydrogens is 315 g/mol. The van der Waals surface area contributed by atoms with Crippen LogP contribution in [0.4, 0.5) is 4.39 Å². The molecule has 0 fully saturated rings. The Morgan fingerprint density at radius 3 is 2.96 bits per heavy atom. The van der Waals surface area contributed by atoms with E-state index < -0.39 is 0 Å². The zero-order chi connectivity index (χ0) is 17.4. The van der Waals surface area contributed by atoms with Crippen LogP contribution in [0, 0.1) is 18.7 Å². The molecule has 1 atom stereocenters. The van der Waals surface area contributed by atoms with E-state index in [1.807, 2.05) is 0 Å². The number of fused-ring (bicyclic) bond motifs is 3. The molecule has 1 aliphatic carbocycles. The summed E-state index contributed by atoms with van der Waals surface area (Å²) in [5, 5.41) is 4.13. The smallest absolute Gasteiger partial charge is 0.223 e. The first-order chi connectivity index (χ1) is 12.1. The normalized spacial score (nSPS) is 16.6. The topological polar surface area (TPSA) is 44.9 Å². The van der Waals surface area contributed by atoms with Crippen LogP contribution in [0.1, 0.15) is 28.8 Å². The number of benzene rings is 2. The molecule has 1 unspecified atom stereocenters. The summed E-state index contributed by atoms with van der Waals surface area (Å²) in [7, 11) is 0. The van der Waals surface area contributed by atoms with Crippen molar-refractivity contribution < 1.29 is 9.18 Å². The Morgan fingerprint density at radius 2 is 2.12 bits per heavy atom. The maximum atomic E-state index is 13.7. The van der Waals surface area contributed by atoms with Gasteiger partial charge in [0, 0.05) is 34.6 Å². The summed E-state index contributed by atoms with van der Waals surface area (Å²) in [6.45, 7) is 2.32. The van der Waals surface area contributed by atoms with Crippen LogP contribution >= 0.6 is 0 Å². The Hall–Kier alpha value is -2.62. The number of hydrogen-bond acceptors (Lipinski definition) is 1. The van der Waals surface area contributed by atoms with Gasteiger partial charge in [0.2, 0.25) is 5.91 Å². The molecule has 3 aromatic rings. The fraction of sp³-hybridized carbons (Fsp3) is 0.286. The van der Waals surface area contributed by atoms with Crippen molar-refractivity contribution in [1.82, 2.24) is 10.3 Å². The third-order valence-corrected chi connectivity index (χ3v) is 5.13. The molecule has 1 amide bonds. The van der Waals surface area contributed by atoms with Gasteiger partial charge in [0.25, 0.3) is 0 Å². The lowest BCUT2D eigenvalue weighted by Gasteiger charge is -2.22. The molecular formula is C21H21FN2O. The fourth-order valence-corrected chi connectivity index (χ4v) is 3.72. The monoisotopic (exact) mass is 336 g/mol. The van der Waals surface area contributed by atoms with Crippen LogP contribution in [-0.4, -0.2) is 10.9 Å². The number of aromatic nitrogens is 1. The third-order valence-electron chi connectivity index (χ3n) is 5.13. The quantitative estimate of drug-likeness (QED) is 0.745. The van der Waals surface area contributed by atoms with Gasteiger partial charge in [-0.15, -0.1) is 0 Å². The molecule has 0 radical (unpaired) electrons. The molecule has 0 aliphatic heterocycles. The van der Waals surface area contributed by atoms with Crippen molar-refractivity contribution in [2.75, 3.05) is 0 Å². The van der Waals surface area contributed by atoms with Crippen molar-refractivity contribution in [3.8, 4) is 0 Å². The van der Waals surface area contributed by atoms with Crippen LogP contribution in [0.25, 0.3) is 10.9 Å². The summed E-state index contributed by atoms with van der Waals surface area (Å²) >= 11 is 0. The van der Waals surface area contributed by atoms with Crippen LogP contribution in [0.3, 0.4) is 0 Å². The Morgan fingerprint density at radius 1 is 1.28 bits per heavy atom. The summed E-state index contributed by atoms with van der Waals surface area (Å²) in [6, 6.07) is 13.0. The van der Waals surface area contributed by atoms with Crippen molar-refractivity contribution in [2.45, 2.75) is 32.7 Å². The lowest BCUT2D eigenvalue weighted by molar-refractivity contribution is -0.125. The number of hydrogen-bond donors (Lipinski definition) is 2. The van der Waals surface area contributed by atoms with Gasteiger partial charge in [0.05, 0.1) is 0 Å². The van der Waals surface area contributed by atoms with Gasteiger partial charge >= 0.3 is 0 Å². The molecule has 2 N–H and O–H groups in total. The number of aromatic amines is 1. The summed E-state index contributed by atoms with van der Waals surface area (Å²) < 4.78 is 13.7. The van der Waals surface area contributed by atoms with Crippen molar-refractivity contribution in [1.29, 1.82) is 0 Å². The van der Waals surface area contributed by atoms with Crippen molar-refractivity contribution in [3.63, 3.8) is 0 Å². The summed E-state index contributed by atoms with van der Waals surface area (Å²) in [5.41, 5.74) is 5.40. The van der Waals surface area contributed by atoms with Gasteiger partial charge < -0.3 is 10.3 Å². The highest BCUT2D eigenvalue weighted by molar-refractivity contribution is 5.87. The standard InChI is InChI=1S/C21H21FN2O/c1-13-6-8-19-16(10-13)17-11-14(7-9-20(17)24-19)21(25)23-12-15-4-2-3-5-18(15)22/h2-6,8,10,14,24H,7,9,11-12H2,1H3,(H,23,25). The van der Waals surface area contributed by atoms with E-state index in [9.17, 15) is 9.18 Å². The number of aryl methyl sites for hydroxylation is 2. The minimum Gasteiger partial charge on any atom is -0.358 e. The van der Waals surface area contributed by atoms with E-state index in [2.05, 4.69) is 35.4 Å². The molecule has 128 valence electrons. The van der Waals surface area contributed by atoms with E-state index in [0.717, 1.165) is 24.8 Å². The SMILES string of the molecule is Cc1ccc2[nH]c3c(c2c1)CC(C(=O)NCc1ccccc1F)CC3. The van der Waals surface area contributed by atoms with Crippen molar-refractivity contribution in [2.24, 2.45) is 5.92 Å². The van der Waals surface area contributed by atoms with Gasteiger partial charge in [-0.2, -0.15) is 0 Å². The van der Waals surface area contributed by atoms with Crippen LogP contribution < -0.4 is 5.32 Å². The maximum Gasteiger partial charge on any atom is 0.223 e. The van der Waals surface area contributed by atoms with Crippen molar-refractivity contribution in [3.05, 3.63) is 70.7 Å². The van der Waals surface area contributed by atoms with Gasteiger partial charge in [-0.1, -0.05) is 29.8 Å². The highest BCUT2D eigenvalue weighted by Crippen LogP contribution is 2.32. The number of amides is 1. The van der Waals surface area contributed by atoms with E-state index in [-0.39, 0.29) is 24.2 Å². The van der Waals surface area contributed by atoms with Gasteiger partial charge in [-0.25, -0.2) is 4.39 Å². The van der Waals surface area contributed by atoms with E-state index in [0.29, 0.717) is 5.56 Å². The fourth-order valence-electron chi connectivity index (χ4n) is 3.72. The summed E-state index contributed by atoms with van der Waals surface area (Å²) in [6.07, 6.45) is 2.44. The lowest BCUT2D eigenvalue weighted by atomic mass is 9.85. The minimum atomic E-state index is -0.277. The van der Waals surface area contributed by atoms with Crippen LogP contribution in [0.2, 0.25) is 0 Å². The Balaban J connectivity index is 1.50. The number of halogens is 1. The number of carbonyl (C=O) groups excluding carboxylic acids is 1. The summed E-state index contributed by atoms with van der Waals surface area (Å²) in [4.78, 5) is 16.1. The van der Waals surface area contributed by atoms with E-state index in [1.54, 1.807) is 18.2 Å². The van der Waals surface area contributed by atoms with E-state index in [1.165, 1.54) is 28.3 Å². The highest BCUT2D eigenvalue weighted by atomic mass is 19.1. The van der Waals surface area contributed by atoms with Crippen LogP contribution in [0.5, 0.6) is 0 Å².